The van der Waals surface area contributed by atoms with Gasteiger partial charge in [-0.1, -0.05) is 72.8 Å². The predicted molar refractivity (Wildman–Crippen MR) is 99.0 cm³/mol. The van der Waals surface area contributed by atoms with E-state index in [1.807, 2.05) is 60.7 Å². The van der Waals surface area contributed by atoms with E-state index in [1.165, 1.54) is 7.11 Å². The van der Waals surface area contributed by atoms with Crippen molar-refractivity contribution in [3.63, 3.8) is 0 Å². The summed E-state index contributed by atoms with van der Waals surface area (Å²) < 4.78 is 4.68. The molecular formula is C21H23O2Sn. The molecule has 0 spiro atoms. The molecule has 2 aromatic carbocycles. The van der Waals surface area contributed by atoms with Gasteiger partial charge in [-0.2, -0.15) is 0 Å². The summed E-state index contributed by atoms with van der Waals surface area (Å²) in [5.74, 6) is 0.911. The second-order valence-electron chi connectivity index (χ2n) is 5.34. The van der Waals surface area contributed by atoms with E-state index in [0.29, 0.717) is 11.8 Å². The van der Waals surface area contributed by atoms with Gasteiger partial charge in [0.15, 0.2) is 0 Å². The van der Waals surface area contributed by atoms with Gasteiger partial charge in [0.05, 0.1) is 13.0 Å². The van der Waals surface area contributed by atoms with Crippen molar-refractivity contribution in [2.24, 2.45) is 17.8 Å². The maximum atomic E-state index is 11.1. The fourth-order valence-corrected chi connectivity index (χ4v) is 2.65. The Morgan fingerprint density at radius 3 is 1.75 bits per heavy atom. The van der Waals surface area contributed by atoms with E-state index in [0.717, 1.165) is 6.42 Å². The molecule has 1 fully saturated rings. The minimum atomic E-state index is -0.0816. The number of carbonyl (C=O) groups is 1. The van der Waals surface area contributed by atoms with Crippen LogP contribution in [-0.4, -0.2) is 37.0 Å². The van der Waals surface area contributed by atoms with Crippen molar-refractivity contribution in [2.45, 2.75) is 6.42 Å². The molecule has 2 nitrogen and oxygen atoms in total. The number of fused-ring (bicyclic) bond motifs is 2. The van der Waals surface area contributed by atoms with Gasteiger partial charge >= 0.3 is 5.97 Å². The molecule has 0 saturated heterocycles. The normalized spacial score (nSPS) is 22.1. The monoisotopic (exact) mass is 427 g/mol. The minimum absolute atomic E-state index is 0. The molecular weight excluding hydrogens is 403 g/mol. The number of allylic oxidation sites excluding steroid dienone is 2. The molecule has 2 aliphatic rings. The predicted octanol–water partition coefficient (Wildman–Crippen LogP) is 4.02. The largest absolute Gasteiger partial charge is 0.469 e. The second-order valence-corrected chi connectivity index (χ2v) is 5.34. The Morgan fingerprint density at radius 1 is 0.958 bits per heavy atom. The number of ether oxygens (including phenoxy) is 1. The minimum Gasteiger partial charge on any atom is -0.469 e. The number of methoxy groups -OCH3 is 1. The molecule has 4 rings (SSSR count). The van der Waals surface area contributed by atoms with E-state index in [4.69, 9.17) is 0 Å². The van der Waals surface area contributed by atoms with E-state index in [-0.39, 0.29) is 37.2 Å². The van der Waals surface area contributed by atoms with Crippen molar-refractivity contribution in [2.75, 3.05) is 7.11 Å². The Kier molecular flexibility index (Phi) is 10.2. The average Bonchev–Trinajstić information content (AvgIpc) is 3.28. The van der Waals surface area contributed by atoms with E-state index in [9.17, 15) is 4.79 Å². The zero-order valence-electron chi connectivity index (χ0n) is 13.8. The fraction of sp³-hybridized carbons (Fsp3) is 0.238. The molecule has 1 saturated carbocycles. The van der Waals surface area contributed by atoms with Gasteiger partial charge < -0.3 is 4.74 Å². The molecule has 123 valence electrons. The third kappa shape index (κ3) is 6.91. The maximum absolute atomic E-state index is 11.1. The maximum Gasteiger partial charge on any atom is 0.309 e. The topological polar surface area (TPSA) is 26.3 Å². The first kappa shape index (κ1) is 20.5. The van der Waals surface area contributed by atoms with Crippen molar-refractivity contribution in [3.8, 4) is 0 Å². The Balaban J connectivity index is 0.000000357. The molecule has 3 heteroatoms. The van der Waals surface area contributed by atoms with Crippen LogP contribution in [0.3, 0.4) is 0 Å². The third-order valence-corrected chi connectivity index (χ3v) is 3.75. The van der Waals surface area contributed by atoms with Crippen molar-refractivity contribution in [1.29, 1.82) is 0 Å². The summed E-state index contributed by atoms with van der Waals surface area (Å²) in [5, 5.41) is 0. The molecule has 2 aliphatic carbocycles. The molecule has 2 bridgehead atoms. The van der Waals surface area contributed by atoms with Gasteiger partial charge in [0.25, 0.3) is 0 Å². The number of benzene rings is 2. The molecule has 0 aliphatic heterocycles. The van der Waals surface area contributed by atoms with Crippen LogP contribution in [0.4, 0.5) is 0 Å². The van der Waals surface area contributed by atoms with Gasteiger partial charge in [0.1, 0.15) is 0 Å². The Hall–Kier alpha value is -1.55. The van der Waals surface area contributed by atoms with E-state index >= 15 is 0 Å². The number of carbonyl (C=O) groups excluding carboxylic acids is 1. The Morgan fingerprint density at radius 2 is 1.50 bits per heavy atom. The SMILES string of the molecule is COC(=O)[C@@H]1[CH][C@@H]2C=C[C@H]1C2.[HH].[Sn].[c]1ccccc1.[c]1ccccc1. The van der Waals surface area contributed by atoms with Crippen molar-refractivity contribution in [3.05, 3.63) is 91.4 Å². The summed E-state index contributed by atoms with van der Waals surface area (Å²) in [6, 6.07) is 25.0. The molecule has 3 atom stereocenters. The molecule has 0 N–H and O–H groups in total. The number of hydrogen-bond donors (Lipinski definition) is 0. The molecule has 2 aromatic rings. The molecule has 0 aromatic heterocycles. The van der Waals surface area contributed by atoms with Crippen molar-refractivity contribution >= 4 is 29.9 Å². The van der Waals surface area contributed by atoms with Crippen LogP contribution in [0.25, 0.3) is 0 Å². The summed E-state index contributed by atoms with van der Waals surface area (Å²) in [5.41, 5.74) is 0. The second kappa shape index (κ2) is 11.9. The van der Waals surface area contributed by atoms with Gasteiger partial charge in [0.2, 0.25) is 0 Å². The molecule has 0 heterocycles. The van der Waals surface area contributed by atoms with Crippen LogP contribution in [0.1, 0.15) is 7.85 Å². The number of rotatable bonds is 1. The first-order valence-corrected chi connectivity index (χ1v) is 7.74. The van der Waals surface area contributed by atoms with E-state index in [2.05, 4.69) is 35.4 Å². The van der Waals surface area contributed by atoms with Crippen LogP contribution in [0, 0.1) is 36.3 Å². The quantitative estimate of drug-likeness (QED) is 0.391. The van der Waals surface area contributed by atoms with Crippen LogP contribution in [-0.2, 0) is 9.53 Å². The van der Waals surface area contributed by atoms with Gasteiger partial charge in [-0.05, 0) is 36.8 Å². The molecule has 7 radical (unpaired) electrons. The standard InChI is InChI=1S/C9H11O2.2C6H5.Sn.H2/c1-11-9(10)8-5-6-2-3-7(8)4-6;2*1-2-4-6-5-3-1;;/h2-3,5-8H,4H2,1H3;2*1-5H;;1H/t6-,7+,8-;;;;/m1..../s1. The zero-order valence-corrected chi connectivity index (χ0v) is 16.6. The van der Waals surface area contributed by atoms with Crippen LogP contribution < -0.4 is 0 Å². The summed E-state index contributed by atoms with van der Waals surface area (Å²) in [6.45, 7) is 0. The van der Waals surface area contributed by atoms with Gasteiger partial charge in [0, 0.05) is 25.3 Å². The summed E-state index contributed by atoms with van der Waals surface area (Å²) in [4.78, 5) is 11.1. The summed E-state index contributed by atoms with van der Waals surface area (Å²) >= 11 is 0. The van der Waals surface area contributed by atoms with Gasteiger partial charge in [-0.3, -0.25) is 4.79 Å². The van der Waals surface area contributed by atoms with Crippen molar-refractivity contribution < 1.29 is 11.0 Å². The van der Waals surface area contributed by atoms with E-state index < -0.39 is 0 Å². The zero-order chi connectivity index (χ0) is 16.3. The summed E-state index contributed by atoms with van der Waals surface area (Å²) in [6.07, 6.45) is 7.51. The molecule has 0 unspecified atom stereocenters. The Labute approximate surface area is 163 Å². The van der Waals surface area contributed by atoms with Crippen LogP contribution in [0.5, 0.6) is 0 Å². The number of hydrogen-bond acceptors (Lipinski definition) is 2. The van der Waals surface area contributed by atoms with E-state index in [1.54, 1.807) is 0 Å². The first-order chi connectivity index (χ1) is 11.3. The molecule has 0 amide bonds. The fourth-order valence-electron chi connectivity index (χ4n) is 2.65. The number of esters is 1. The average molecular weight is 426 g/mol. The van der Waals surface area contributed by atoms with Gasteiger partial charge in [-0.25, -0.2) is 0 Å². The molecule has 24 heavy (non-hydrogen) atoms. The van der Waals surface area contributed by atoms with Crippen LogP contribution >= 0.6 is 0 Å². The smallest absolute Gasteiger partial charge is 0.309 e. The van der Waals surface area contributed by atoms with Crippen LogP contribution in [0.15, 0.2) is 72.8 Å². The first-order valence-electron chi connectivity index (χ1n) is 7.74. The van der Waals surface area contributed by atoms with Crippen molar-refractivity contribution in [1.82, 2.24) is 0 Å². The Bertz CT molecular complexity index is 504. The van der Waals surface area contributed by atoms with Gasteiger partial charge in [-0.15, -0.1) is 0 Å². The third-order valence-electron chi connectivity index (χ3n) is 3.75. The summed E-state index contributed by atoms with van der Waals surface area (Å²) in [7, 11) is 1.45. The van der Waals surface area contributed by atoms with Crippen LogP contribution in [0.2, 0.25) is 0 Å².